The van der Waals surface area contributed by atoms with E-state index in [0.29, 0.717) is 35.8 Å². The van der Waals surface area contributed by atoms with Crippen LogP contribution in [0, 0.1) is 5.92 Å². The summed E-state index contributed by atoms with van der Waals surface area (Å²) in [5.41, 5.74) is 0.131. The number of carbonyl (C=O) groups excluding carboxylic acids is 2. The van der Waals surface area contributed by atoms with Crippen LogP contribution in [0.5, 0.6) is 0 Å². The monoisotopic (exact) mass is 510 g/mol. The van der Waals surface area contributed by atoms with Crippen molar-refractivity contribution < 1.29 is 9.59 Å². The van der Waals surface area contributed by atoms with Crippen molar-refractivity contribution >= 4 is 45.8 Å². The van der Waals surface area contributed by atoms with Gasteiger partial charge < -0.3 is 10.6 Å². The van der Waals surface area contributed by atoms with E-state index in [9.17, 15) is 19.2 Å². The predicted molar refractivity (Wildman–Crippen MR) is 139 cm³/mol. The molecule has 4 rings (SSSR count). The fourth-order valence-corrected chi connectivity index (χ4v) is 4.08. The standard InChI is InChI=1S/C25H27ClN6O4/c1-4-10-30-23(35)19-9-8-16(22(34)27-13-15(2)3)11-20(19)32-24(30)29-31(25(32)36)14-21(33)28-18-7-5-6-17(26)12-18/h5-9,11-12,15H,4,10,13-14H2,1-3H3,(H,27,34)(H,28,33). The number of amides is 2. The fraction of sp³-hybridized carbons (Fsp3) is 0.320. The molecule has 4 aromatic rings. The molecular formula is C25H27ClN6O4. The third-order valence-electron chi connectivity index (χ3n) is 5.56. The molecule has 0 unspecified atom stereocenters. The fourth-order valence-electron chi connectivity index (χ4n) is 3.89. The van der Waals surface area contributed by atoms with Crippen molar-refractivity contribution in [1.29, 1.82) is 0 Å². The van der Waals surface area contributed by atoms with Crippen LogP contribution in [0.1, 0.15) is 37.6 Å². The van der Waals surface area contributed by atoms with Gasteiger partial charge in [-0.2, -0.15) is 0 Å². The quantitative estimate of drug-likeness (QED) is 0.378. The molecule has 10 nitrogen and oxygen atoms in total. The second-order valence-corrected chi connectivity index (χ2v) is 9.36. The lowest BCUT2D eigenvalue weighted by molar-refractivity contribution is -0.117. The summed E-state index contributed by atoms with van der Waals surface area (Å²) in [5.74, 6) is -0.418. The van der Waals surface area contributed by atoms with Gasteiger partial charge in [-0.3, -0.25) is 19.0 Å². The third kappa shape index (κ3) is 5.03. The topological polar surface area (TPSA) is 120 Å². The number of aryl methyl sites for hydroxylation is 1. The van der Waals surface area contributed by atoms with Crippen LogP contribution in [0.2, 0.25) is 5.02 Å². The van der Waals surface area contributed by atoms with Gasteiger partial charge in [-0.15, -0.1) is 5.10 Å². The van der Waals surface area contributed by atoms with Crippen LogP contribution in [-0.4, -0.2) is 37.1 Å². The van der Waals surface area contributed by atoms with Crippen molar-refractivity contribution in [2.24, 2.45) is 5.92 Å². The lowest BCUT2D eigenvalue weighted by Crippen LogP contribution is -2.30. The Hall–Kier alpha value is -3.92. The summed E-state index contributed by atoms with van der Waals surface area (Å²) in [4.78, 5) is 51.9. The molecule has 2 N–H and O–H groups in total. The number of hydrogen-bond acceptors (Lipinski definition) is 5. The Morgan fingerprint density at radius 2 is 1.89 bits per heavy atom. The summed E-state index contributed by atoms with van der Waals surface area (Å²) in [6, 6.07) is 11.3. The highest BCUT2D eigenvalue weighted by atomic mass is 35.5. The number of aromatic nitrogens is 4. The van der Waals surface area contributed by atoms with E-state index >= 15 is 0 Å². The van der Waals surface area contributed by atoms with Crippen LogP contribution in [0.15, 0.2) is 52.1 Å². The summed E-state index contributed by atoms with van der Waals surface area (Å²) in [7, 11) is 0. The zero-order valence-corrected chi connectivity index (χ0v) is 21.0. The van der Waals surface area contributed by atoms with Crippen molar-refractivity contribution in [1.82, 2.24) is 24.1 Å². The van der Waals surface area contributed by atoms with Crippen molar-refractivity contribution in [2.75, 3.05) is 11.9 Å². The highest BCUT2D eigenvalue weighted by Crippen LogP contribution is 2.16. The molecule has 11 heteroatoms. The van der Waals surface area contributed by atoms with Gasteiger partial charge in [-0.05, 0) is 48.7 Å². The van der Waals surface area contributed by atoms with E-state index in [1.54, 1.807) is 36.4 Å². The Morgan fingerprint density at radius 1 is 1.11 bits per heavy atom. The van der Waals surface area contributed by atoms with E-state index < -0.39 is 11.6 Å². The van der Waals surface area contributed by atoms with E-state index in [-0.39, 0.29) is 40.6 Å². The molecule has 0 spiro atoms. The van der Waals surface area contributed by atoms with Crippen molar-refractivity contribution in [3.05, 3.63) is 73.9 Å². The summed E-state index contributed by atoms with van der Waals surface area (Å²) in [5, 5.41) is 10.6. The largest absolute Gasteiger partial charge is 0.352 e. The second-order valence-electron chi connectivity index (χ2n) is 8.93. The zero-order valence-electron chi connectivity index (χ0n) is 20.2. The number of hydrogen-bond donors (Lipinski definition) is 2. The number of nitrogens with zero attached hydrogens (tertiary/aromatic N) is 4. The van der Waals surface area contributed by atoms with Gasteiger partial charge in [0.1, 0.15) is 6.54 Å². The summed E-state index contributed by atoms with van der Waals surface area (Å²) in [6.45, 7) is 6.32. The van der Waals surface area contributed by atoms with Gasteiger partial charge >= 0.3 is 5.69 Å². The van der Waals surface area contributed by atoms with Crippen LogP contribution >= 0.6 is 11.6 Å². The molecule has 0 saturated heterocycles. The highest BCUT2D eigenvalue weighted by molar-refractivity contribution is 6.30. The van der Waals surface area contributed by atoms with Crippen molar-refractivity contribution in [2.45, 2.75) is 40.3 Å². The Balaban J connectivity index is 1.80. The Bertz CT molecular complexity index is 1580. The van der Waals surface area contributed by atoms with Gasteiger partial charge in [0.25, 0.3) is 11.5 Å². The molecule has 2 heterocycles. The minimum atomic E-state index is -0.596. The first-order chi connectivity index (χ1) is 17.2. The molecule has 0 fully saturated rings. The highest BCUT2D eigenvalue weighted by Gasteiger charge is 2.20. The molecule has 36 heavy (non-hydrogen) atoms. The van der Waals surface area contributed by atoms with E-state index in [2.05, 4.69) is 15.7 Å². The molecule has 2 aromatic carbocycles. The zero-order chi connectivity index (χ0) is 26.0. The number of anilines is 1. The molecule has 2 amide bonds. The molecular weight excluding hydrogens is 484 g/mol. The van der Waals surface area contributed by atoms with Crippen LogP contribution in [0.3, 0.4) is 0 Å². The van der Waals surface area contributed by atoms with Crippen molar-refractivity contribution in [3.63, 3.8) is 0 Å². The van der Waals surface area contributed by atoms with E-state index in [4.69, 9.17) is 11.6 Å². The first-order valence-electron chi connectivity index (χ1n) is 11.7. The second kappa shape index (κ2) is 10.4. The normalized spacial score (nSPS) is 11.4. The number of nitrogens with one attached hydrogen (secondary N) is 2. The number of fused-ring (bicyclic) bond motifs is 3. The lowest BCUT2D eigenvalue weighted by Gasteiger charge is -2.11. The first kappa shape index (κ1) is 25.2. The van der Waals surface area contributed by atoms with E-state index in [1.165, 1.54) is 15.0 Å². The minimum Gasteiger partial charge on any atom is -0.352 e. The lowest BCUT2D eigenvalue weighted by atomic mass is 10.1. The molecule has 0 radical (unpaired) electrons. The molecule has 0 bridgehead atoms. The maximum Gasteiger partial charge on any atom is 0.352 e. The number of carbonyl (C=O) groups is 2. The number of halogens is 1. The minimum absolute atomic E-state index is 0.106. The van der Waals surface area contributed by atoms with Crippen LogP contribution in [0.4, 0.5) is 5.69 Å². The average Bonchev–Trinajstić information content (AvgIpc) is 3.15. The van der Waals surface area contributed by atoms with Crippen LogP contribution < -0.4 is 21.9 Å². The van der Waals surface area contributed by atoms with Crippen LogP contribution in [-0.2, 0) is 17.9 Å². The van der Waals surface area contributed by atoms with Crippen molar-refractivity contribution in [3.8, 4) is 0 Å². The molecule has 0 aliphatic rings. The van der Waals surface area contributed by atoms with Gasteiger partial charge in [0.15, 0.2) is 0 Å². The predicted octanol–water partition coefficient (Wildman–Crippen LogP) is 2.90. The van der Waals surface area contributed by atoms with Crippen LogP contribution in [0.25, 0.3) is 16.7 Å². The molecule has 0 saturated carbocycles. The van der Waals surface area contributed by atoms with E-state index in [1.807, 2.05) is 20.8 Å². The molecule has 0 aliphatic heterocycles. The van der Waals surface area contributed by atoms with E-state index in [0.717, 1.165) is 4.68 Å². The molecule has 2 aromatic heterocycles. The molecule has 0 aliphatic carbocycles. The SMILES string of the molecule is CCCn1c(=O)c2ccc(C(=O)NCC(C)C)cc2n2c(=O)n(CC(=O)Nc3cccc(Cl)c3)nc12. The number of rotatable bonds is 8. The first-order valence-corrected chi connectivity index (χ1v) is 12.1. The van der Waals surface area contributed by atoms with Gasteiger partial charge in [-0.25, -0.2) is 13.9 Å². The summed E-state index contributed by atoms with van der Waals surface area (Å²) in [6.07, 6.45) is 0.632. The average molecular weight is 511 g/mol. The smallest absolute Gasteiger partial charge is 0.352 e. The maximum absolute atomic E-state index is 13.4. The Morgan fingerprint density at radius 3 is 2.58 bits per heavy atom. The number of benzene rings is 2. The van der Waals surface area contributed by atoms with Gasteiger partial charge in [0, 0.05) is 29.4 Å². The molecule has 0 atom stereocenters. The summed E-state index contributed by atoms with van der Waals surface area (Å²) < 4.78 is 3.69. The summed E-state index contributed by atoms with van der Waals surface area (Å²) >= 11 is 5.97. The Kier molecular flexibility index (Phi) is 7.25. The maximum atomic E-state index is 13.4. The Labute approximate surface area is 211 Å². The van der Waals surface area contributed by atoms with Gasteiger partial charge in [-0.1, -0.05) is 38.4 Å². The van der Waals surface area contributed by atoms with Gasteiger partial charge in [0.05, 0.1) is 10.9 Å². The third-order valence-corrected chi connectivity index (χ3v) is 5.79. The molecule has 188 valence electrons. The van der Waals surface area contributed by atoms with Gasteiger partial charge in [0.2, 0.25) is 11.7 Å².